The van der Waals surface area contributed by atoms with Crippen molar-refractivity contribution in [3.63, 3.8) is 0 Å². The lowest BCUT2D eigenvalue weighted by Gasteiger charge is -2.34. The van der Waals surface area contributed by atoms with Crippen LogP contribution in [0.25, 0.3) is 0 Å². The highest BCUT2D eigenvalue weighted by Gasteiger charge is 2.30. The zero-order chi connectivity index (χ0) is 15.5. The Morgan fingerprint density at radius 1 is 1.38 bits per heavy atom. The van der Waals surface area contributed by atoms with Crippen molar-refractivity contribution in [1.82, 2.24) is 4.90 Å². The predicted molar refractivity (Wildman–Crippen MR) is 88.3 cm³/mol. The Bertz CT molecular complexity index is 557. The smallest absolute Gasteiger partial charge is 0.164 e. The Morgan fingerprint density at radius 3 is 2.67 bits per heavy atom. The van der Waals surface area contributed by atoms with Crippen LogP contribution in [0.5, 0.6) is 0 Å². The maximum Gasteiger partial charge on any atom is 0.164 e. The van der Waals surface area contributed by atoms with Crippen molar-refractivity contribution >= 4 is 21.6 Å². The number of aryl methyl sites for hydroxylation is 1. The fraction of sp³-hybridized carbons (Fsp3) is 0.600. The summed E-state index contributed by atoms with van der Waals surface area (Å²) < 4.78 is 23.7. The van der Waals surface area contributed by atoms with Gasteiger partial charge in [-0.15, -0.1) is 0 Å². The number of aliphatic hydroxyl groups is 1. The normalized spacial score (nSPS) is 22.1. The molecule has 1 aliphatic heterocycles. The van der Waals surface area contributed by atoms with Crippen molar-refractivity contribution in [1.29, 1.82) is 0 Å². The lowest BCUT2D eigenvalue weighted by atomic mass is 10.0. The van der Waals surface area contributed by atoms with Crippen molar-refractivity contribution in [2.75, 3.05) is 30.9 Å². The monoisotopic (exact) mass is 329 g/mol. The van der Waals surface area contributed by atoms with Gasteiger partial charge in [0.1, 0.15) is 5.37 Å². The Morgan fingerprint density at radius 2 is 2.05 bits per heavy atom. The van der Waals surface area contributed by atoms with E-state index < -0.39 is 21.3 Å². The molecule has 4 nitrogen and oxygen atoms in total. The molecule has 1 aromatic carbocycles. The molecule has 0 saturated carbocycles. The summed E-state index contributed by atoms with van der Waals surface area (Å²) in [5, 5.41) is 9.83. The van der Waals surface area contributed by atoms with E-state index in [-0.39, 0.29) is 0 Å². The Labute approximate surface area is 131 Å². The third kappa shape index (κ3) is 4.71. The van der Waals surface area contributed by atoms with Crippen LogP contribution in [-0.2, 0) is 9.84 Å². The number of hydrogen-bond donors (Lipinski definition) is 1. The van der Waals surface area contributed by atoms with E-state index in [0.29, 0.717) is 18.7 Å². The topological polar surface area (TPSA) is 57.6 Å². The molecule has 1 aromatic rings. The second-order valence-electron chi connectivity index (χ2n) is 5.61. The van der Waals surface area contributed by atoms with Gasteiger partial charge in [0.25, 0.3) is 0 Å². The number of benzene rings is 1. The number of thioether (sulfide) groups is 1. The third-order valence-corrected chi connectivity index (χ3v) is 6.52. The van der Waals surface area contributed by atoms with Crippen LogP contribution in [0.15, 0.2) is 24.3 Å². The van der Waals surface area contributed by atoms with Crippen LogP contribution in [0.2, 0.25) is 0 Å². The Hall–Kier alpha value is -0.560. The van der Waals surface area contributed by atoms with Crippen molar-refractivity contribution in [3.05, 3.63) is 35.4 Å². The lowest BCUT2D eigenvalue weighted by molar-refractivity contribution is 0.140. The number of nitrogens with zero attached hydrogens (tertiary/aromatic N) is 1. The summed E-state index contributed by atoms with van der Waals surface area (Å²) in [4.78, 5) is 1.99. The summed E-state index contributed by atoms with van der Waals surface area (Å²) >= 11 is 1.68. The molecule has 1 fully saturated rings. The number of aliphatic hydroxyl groups excluding tert-OH is 1. The molecule has 0 aliphatic carbocycles. The van der Waals surface area contributed by atoms with Crippen LogP contribution in [0.4, 0.5) is 0 Å². The fourth-order valence-electron chi connectivity index (χ4n) is 2.51. The van der Waals surface area contributed by atoms with E-state index in [9.17, 15) is 13.5 Å². The molecule has 0 amide bonds. The largest absolute Gasteiger partial charge is 0.388 e. The maximum atomic E-state index is 11.8. The molecule has 1 N–H and O–H groups in total. The van der Waals surface area contributed by atoms with Crippen LogP contribution in [-0.4, -0.2) is 54.6 Å². The first-order chi connectivity index (χ1) is 9.88. The molecule has 0 aromatic heterocycles. The van der Waals surface area contributed by atoms with Gasteiger partial charge in [-0.05, 0) is 18.9 Å². The second kappa shape index (κ2) is 7.13. The first-order valence-electron chi connectivity index (χ1n) is 7.13. The minimum absolute atomic E-state index is 0.415. The van der Waals surface area contributed by atoms with Gasteiger partial charge in [0.2, 0.25) is 0 Å². The van der Waals surface area contributed by atoms with Crippen molar-refractivity contribution < 1.29 is 13.5 Å². The molecule has 1 heterocycles. The average molecular weight is 329 g/mol. The summed E-state index contributed by atoms with van der Waals surface area (Å²) in [6.45, 7) is 3.38. The Kier molecular flexibility index (Phi) is 5.71. The number of sulfone groups is 1. The summed E-state index contributed by atoms with van der Waals surface area (Å²) in [6, 6.07) is 7.82. The average Bonchev–Trinajstić information content (AvgIpc) is 2.45. The molecular weight excluding hydrogens is 306 g/mol. The third-order valence-electron chi connectivity index (χ3n) is 3.84. The summed E-state index contributed by atoms with van der Waals surface area (Å²) in [6.07, 6.45) is 1.31. The fourth-order valence-corrected chi connectivity index (χ4v) is 5.48. The molecule has 2 unspecified atom stereocenters. The zero-order valence-corrected chi connectivity index (χ0v) is 14.2. The molecule has 1 aliphatic rings. The Balaban J connectivity index is 1.96. The molecule has 2 rings (SSSR count). The lowest BCUT2D eigenvalue weighted by Crippen LogP contribution is -2.47. The summed E-state index contributed by atoms with van der Waals surface area (Å²) in [5.74, 6) is 1.58. The van der Waals surface area contributed by atoms with E-state index in [4.69, 9.17) is 0 Å². The number of rotatable bonds is 5. The quantitative estimate of drug-likeness (QED) is 0.893. The van der Waals surface area contributed by atoms with Crippen LogP contribution in [0.3, 0.4) is 0 Å². The maximum absolute atomic E-state index is 11.8. The van der Waals surface area contributed by atoms with E-state index in [0.717, 1.165) is 23.4 Å². The summed E-state index contributed by atoms with van der Waals surface area (Å²) in [7, 11) is -3.07. The first-order valence-corrected chi connectivity index (χ1v) is 10.2. The molecule has 21 heavy (non-hydrogen) atoms. The second-order valence-corrected chi connectivity index (χ2v) is 8.96. The number of hydrogen-bond acceptors (Lipinski definition) is 5. The van der Waals surface area contributed by atoms with Crippen molar-refractivity contribution in [3.8, 4) is 0 Å². The molecule has 6 heteroatoms. The van der Waals surface area contributed by atoms with E-state index >= 15 is 0 Å². The summed E-state index contributed by atoms with van der Waals surface area (Å²) in [5.41, 5.74) is 2.05. The highest BCUT2D eigenvalue weighted by atomic mass is 32.2. The van der Waals surface area contributed by atoms with Gasteiger partial charge in [-0.1, -0.05) is 29.8 Å². The minimum atomic E-state index is -3.07. The molecule has 118 valence electrons. The van der Waals surface area contributed by atoms with E-state index in [1.807, 2.05) is 36.1 Å². The molecule has 1 saturated heterocycles. The van der Waals surface area contributed by atoms with Gasteiger partial charge in [-0.25, -0.2) is 8.42 Å². The minimum Gasteiger partial charge on any atom is -0.388 e. The highest BCUT2D eigenvalue weighted by Crippen LogP contribution is 2.23. The van der Waals surface area contributed by atoms with Crippen molar-refractivity contribution in [2.24, 2.45) is 0 Å². The predicted octanol–water partition coefficient (Wildman–Crippen LogP) is 1.84. The van der Waals surface area contributed by atoms with Gasteiger partial charge >= 0.3 is 0 Å². The van der Waals surface area contributed by atoms with Gasteiger partial charge in [-0.3, -0.25) is 4.90 Å². The SMILES string of the molecule is Cc1ccc(C(O)CCN2CCSCC2S(C)(=O)=O)cc1. The zero-order valence-electron chi connectivity index (χ0n) is 12.5. The molecule has 0 radical (unpaired) electrons. The standard InChI is InChI=1S/C15H23NO3S2/c1-12-3-5-13(6-4-12)14(17)7-8-16-9-10-20-11-15(16)21(2,18)19/h3-6,14-15,17H,7-11H2,1-2H3. The van der Waals surface area contributed by atoms with Gasteiger partial charge in [0.05, 0.1) is 6.10 Å². The van der Waals surface area contributed by atoms with Crippen LogP contribution in [0.1, 0.15) is 23.7 Å². The highest BCUT2D eigenvalue weighted by molar-refractivity contribution is 8.00. The van der Waals surface area contributed by atoms with Crippen LogP contribution in [0, 0.1) is 6.92 Å². The first kappa shape index (κ1) is 16.8. The van der Waals surface area contributed by atoms with Crippen LogP contribution < -0.4 is 0 Å². The molecule has 0 spiro atoms. The van der Waals surface area contributed by atoms with Crippen molar-refractivity contribution in [2.45, 2.75) is 24.8 Å². The van der Waals surface area contributed by atoms with E-state index in [1.165, 1.54) is 6.26 Å². The van der Waals surface area contributed by atoms with E-state index in [1.54, 1.807) is 11.8 Å². The van der Waals surface area contributed by atoms with Gasteiger partial charge in [0, 0.05) is 30.9 Å². The van der Waals surface area contributed by atoms with Crippen LogP contribution >= 0.6 is 11.8 Å². The van der Waals surface area contributed by atoms with Gasteiger partial charge in [-0.2, -0.15) is 11.8 Å². The van der Waals surface area contributed by atoms with E-state index in [2.05, 4.69) is 0 Å². The molecular formula is C15H23NO3S2. The van der Waals surface area contributed by atoms with Gasteiger partial charge in [0.15, 0.2) is 9.84 Å². The molecule has 2 atom stereocenters. The molecule has 0 bridgehead atoms. The van der Waals surface area contributed by atoms with Gasteiger partial charge < -0.3 is 5.11 Å².